The molecule has 2 N–H and O–H groups in total. The van der Waals surface area contributed by atoms with E-state index in [9.17, 15) is 9.59 Å². The molecule has 1 aromatic carbocycles. The molecule has 3 rings (SSSR count). The van der Waals surface area contributed by atoms with E-state index in [-0.39, 0.29) is 18.4 Å². The van der Waals surface area contributed by atoms with Crippen LogP contribution in [0.3, 0.4) is 0 Å². The highest BCUT2D eigenvalue weighted by molar-refractivity contribution is 6.00. The van der Waals surface area contributed by atoms with E-state index in [1.165, 1.54) is 6.42 Å². The van der Waals surface area contributed by atoms with Gasteiger partial charge in [-0.1, -0.05) is 12.1 Å². The van der Waals surface area contributed by atoms with Gasteiger partial charge in [0, 0.05) is 24.8 Å². The van der Waals surface area contributed by atoms with E-state index in [0.717, 1.165) is 44.5 Å². The van der Waals surface area contributed by atoms with Crippen molar-refractivity contribution >= 4 is 17.5 Å². The lowest BCUT2D eigenvalue weighted by atomic mass is 10.1. The number of amides is 2. The number of piperidine rings is 1. The zero-order valence-electron chi connectivity index (χ0n) is 12.8. The summed E-state index contributed by atoms with van der Waals surface area (Å²) in [5.74, 6) is 0.0492. The molecule has 1 aliphatic carbocycles. The third kappa shape index (κ3) is 3.78. The molecule has 1 heterocycles. The van der Waals surface area contributed by atoms with Crippen LogP contribution in [0.2, 0.25) is 0 Å². The maximum Gasteiger partial charge on any atom is 0.253 e. The van der Waals surface area contributed by atoms with Crippen molar-refractivity contribution < 1.29 is 9.59 Å². The predicted octanol–water partition coefficient (Wildman–Crippen LogP) is 2.00. The molecule has 1 saturated carbocycles. The molecule has 1 aromatic rings. The van der Waals surface area contributed by atoms with Gasteiger partial charge in [0.1, 0.15) is 0 Å². The molecule has 0 bridgehead atoms. The number of benzene rings is 1. The molecule has 2 fully saturated rings. The summed E-state index contributed by atoms with van der Waals surface area (Å²) in [6, 6.07) is 7.70. The average Bonchev–Trinajstić information content (AvgIpc) is 3.37. The Morgan fingerprint density at radius 2 is 1.82 bits per heavy atom. The highest BCUT2D eigenvalue weighted by atomic mass is 16.2. The van der Waals surface area contributed by atoms with Crippen LogP contribution >= 0.6 is 0 Å². The number of likely N-dealkylation sites (tertiary alicyclic amines) is 1. The molecule has 0 unspecified atom stereocenters. The summed E-state index contributed by atoms with van der Waals surface area (Å²) in [5.41, 5.74) is 1.34. The summed E-state index contributed by atoms with van der Waals surface area (Å²) in [4.78, 5) is 26.3. The Morgan fingerprint density at radius 1 is 1.09 bits per heavy atom. The molecule has 2 aliphatic rings. The van der Waals surface area contributed by atoms with Crippen molar-refractivity contribution in [2.45, 2.75) is 38.1 Å². The van der Waals surface area contributed by atoms with Crippen molar-refractivity contribution in [1.82, 2.24) is 10.2 Å². The van der Waals surface area contributed by atoms with E-state index < -0.39 is 0 Å². The van der Waals surface area contributed by atoms with Crippen molar-refractivity contribution in [3.8, 4) is 0 Å². The van der Waals surface area contributed by atoms with Crippen LogP contribution in [0.1, 0.15) is 42.5 Å². The topological polar surface area (TPSA) is 61.4 Å². The number of carbonyl (C=O) groups excluding carboxylic acids is 2. The normalized spacial score (nSPS) is 17.9. The molecular formula is C17H23N3O2. The molecule has 5 nitrogen and oxygen atoms in total. The van der Waals surface area contributed by atoms with E-state index in [1.807, 2.05) is 23.1 Å². The van der Waals surface area contributed by atoms with Crippen LogP contribution in [-0.2, 0) is 4.79 Å². The fourth-order valence-corrected chi connectivity index (χ4v) is 2.75. The lowest BCUT2D eigenvalue weighted by Gasteiger charge is -2.27. The van der Waals surface area contributed by atoms with Crippen molar-refractivity contribution in [2.75, 3.05) is 25.0 Å². The van der Waals surface area contributed by atoms with Crippen LogP contribution in [0.25, 0.3) is 0 Å². The van der Waals surface area contributed by atoms with Gasteiger partial charge in [-0.3, -0.25) is 9.59 Å². The first-order valence-corrected chi connectivity index (χ1v) is 8.15. The lowest BCUT2D eigenvalue weighted by Crippen LogP contribution is -2.39. The molecule has 2 amide bonds. The number of rotatable bonds is 5. The summed E-state index contributed by atoms with van der Waals surface area (Å²) in [6.45, 7) is 1.95. The number of anilines is 1. The predicted molar refractivity (Wildman–Crippen MR) is 85.9 cm³/mol. The molecule has 1 aliphatic heterocycles. The summed E-state index contributed by atoms with van der Waals surface area (Å²) in [7, 11) is 0. The molecule has 0 spiro atoms. The van der Waals surface area contributed by atoms with Crippen LogP contribution < -0.4 is 10.6 Å². The number of hydrogen-bond acceptors (Lipinski definition) is 3. The quantitative estimate of drug-likeness (QED) is 0.874. The summed E-state index contributed by atoms with van der Waals surface area (Å²) in [5, 5.41) is 6.12. The second-order valence-electron chi connectivity index (χ2n) is 6.09. The van der Waals surface area contributed by atoms with Gasteiger partial charge in [-0.25, -0.2) is 0 Å². The van der Waals surface area contributed by atoms with Crippen LogP contribution in [0, 0.1) is 0 Å². The Bertz CT molecular complexity index is 549. The largest absolute Gasteiger partial charge is 0.376 e. The third-order valence-electron chi connectivity index (χ3n) is 4.22. The van der Waals surface area contributed by atoms with Gasteiger partial charge in [0.05, 0.1) is 12.1 Å². The molecular weight excluding hydrogens is 278 g/mol. The minimum absolute atomic E-state index is 0.0592. The number of para-hydroxylation sites is 1. The smallest absolute Gasteiger partial charge is 0.253 e. The number of nitrogens with zero attached hydrogens (tertiary/aromatic N) is 1. The first-order chi connectivity index (χ1) is 10.7. The molecule has 22 heavy (non-hydrogen) atoms. The Hall–Kier alpha value is -2.04. The maximum absolute atomic E-state index is 12.2. The van der Waals surface area contributed by atoms with E-state index in [1.54, 1.807) is 6.07 Å². The van der Waals surface area contributed by atoms with Crippen molar-refractivity contribution in [2.24, 2.45) is 0 Å². The Morgan fingerprint density at radius 3 is 2.55 bits per heavy atom. The van der Waals surface area contributed by atoms with Gasteiger partial charge in [-0.15, -0.1) is 0 Å². The fraction of sp³-hybridized carbons (Fsp3) is 0.529. The van der Waals surface area contributed by atoms with Gasteiger partial charge in [0.25, 0.3) is 5.91 Å². The minimum Gasteiger partial charge on any atom is -0.376 e. The highest BCUT2D eigenvalue weighted by Gasteiger charge is 2.25. The SMILES string of the molecule is O=C(NC1CC1)c1ccccc1NCC(=O)N1CCCCC1. The highest BCUT2D eigenvalue weighted by Crippen LogP contribution is 2.21. The Balaban J connectivity index is 1.59. The van der Waals surface area contributed by atoms with Gasteiger partial charge in [-0.2, -0.15) is 0 Å². The van der Waals surface area contributed by atoms with Gasteiger partial charge >= 0.3 is 0 Å². The van der Waals surface area contributed by atoms with E-state index in [0.29, 0.717) is 11.6 Å². The number of hydrogen-bond donors (Lipinski definition) is 2. The molecule has 5 heteroatoms. The summed E-state index contributed by atoms with van der Waals surface area (Å²) >= 11 is 0. The number of nitrogens with one attached hydrogen (secondary N) is 2. The maximum atomic E-state index is 12.2. The Labute approximate surface area is 131 Å². The zero-order chi connectivity index (χ0) is 15.4. The monoisotopic (exact) mass is 301 g/mol. The van der Waals surface area contributed by atoms with Crippen molar-refractivity contribution in [3.63, 3.8) is 0 Å². The Kier molecular flexibility index (Phi) is 4.61. The van der Waals surface area contributed by atoms with E-state index in [2.05, 4.69) is 10.6 Å². The van der Waals surface area contributed by atoms with Gasteiger partial charge in [0.2, 0.25) is 5.91 Å². The van der Waals surface area contributed by atoms with Gasteiger partial charge in [0.15, 0.2) is 0 Å². The molecule has 0 radical (unpaired) electrons. The second kappa shape index (κ2) is 6.81. The molecule has 1 saturated heterocycles. The van der Waals surface area contributed by atoms with Crippen LogP contribution in [0.5, 0.6) is 0 Å². The van der Waals surface area contributed by atoms with Crippen LogP contribution in [0.15, 0.2) is 24.3 Å². The second-order valence-corrected chi connectivity index (χ2v) is 6.09. The van der Waals surface area contributed by atoms with Crippen LogP contribution in [-0.4, -0.2) is 42.4 Å². The van der Waals surface area contributed by atoms with Gasteiger partial charge < -0.3 is 15.5 Å². The third-order valence-corrected chi connectivity index (χ3v) is 4.22. The minimum atomic E-state index is -0.0592. The first-order valence-electron chi connectivity index (χ1n) is 8.15. The molecule has 118 valence electrons. The first kappa shape index (κ1) is 14.9. The lowest BCUT2D eigenvalue weighted by molar-refractivity contribution is -0.130. The number of carbonyl (C=O) groups is 2. The van der Waals surface area contributed by atoms with Crippen LogP contribution in [0.4, 0.5) is 5.69 Å². The van der Waals surface area contributed by atoms with Crippen molar-refractivity contribution in [1.29, 1.82) is 0 Å². The molecule has 0 atom stereocenters. The molecule has 0 aromatic heterocycles. The van der Waals surface area contributed by atoms with Crippen molar-refractivity contribution in [3.05, 3.63) is 29.8 Å². The van der Waals surface area contributed by atoms with E-state index in [4.69, 9.17) is 0 Å². The summed E-state index contributed by atoms with van der Waals surface area (Å²) < 4.78 is 0. The summed E-state index contributed by atoms with van der Waals surface area (Å²) in [6.07, 6.45) is 5.52. The van der Waals surface area contributed by atoms with E-state index >= 15 is 0 Å². The zero-order valence-corrected chi connectivity index (χ0v) is 12.8. The average molecular weight is 301 g/mol. The van der Waals surface area contributed by atoms with Gasteiger partial charge in [-0.05, 0) is 44.2 Å². The fourth-order valence-electron chi connectivity index (χ4n) is 2.75. The standard InChI is InChI=1S/C17H23N3O2/c21-16(20-10-4-1-5-11-20)12-18-15-7-3-2-6-14(15)17(22)19-13-8-9-13/h2-3,6-7,13,18H,1,4-5,8-12H2,(H,19,22).